The van der Waals surface area contributed by atoms with Crippen LogP contribution in [0.4, 0.5) is 0 Å². The van der Waals surface area contributed by atoms with Gasteiger partial charge in [-0.25, -0.2) is 0 Å². The summed E-state index contributed by atoms with van der Waals surface area (Å²) >= 11 is 5.88. The Morgan fingerprint density at radius 2 is 2.17 bits per heavy atom. The molecule has 0 saturated carbocycles. The molecule has 0 bridgehead atoms. The van der Waals surface area contributed by atoms with Gasteiger partial charge in [-0.2, -0.15) is 0 Å². The Hall–Kier alpha value is -2.21. The third-order valence-corrected chi connectivity index (χ3v) is 3.87. The first kappa shape index (κ1) is 17.1. The van der Waals surface area contributed by atoms with Crippen LogP contribution in [0.1, 0.15) is 33.8 Å². The maximum atomic E-state index is 12.1. The second-order valence-corrected chi connectivity index (χ2v) is 5.58. The van der Waals surface area contributed by atoms with Gasteiger partial charge in [0.15, 0.2) is 11.5 Å². The van der Waals surface area contributed by atoms with Crippen LogP contribution in [0.3, 0.4) is 0 Å². The highest BCUT2D eigenvalue weighted by Crippen LogP contribution is 2.34. The highest BCUT2D eigenvalue weighted by Gasteiger charge is 2.14. The molecule has 1 amide bonds. The van der Waals surface area contributed by atoms with Crippen molar-refractivity contribution in [3.63, 3.8) is 0 Å². The second kappa shape index (κ2) is 7.37. The number of nitrogens with zero attached hydrogens (tertiary/aromatic N) is 1. The summed E-state index contributed by atoms with van der Waals surface area (Å²) in [7, 11) is 1.40. The Morgan fingerprint density at radius 3 is 2.78 bits per heavy atom. The van der Waals surface area contributed by atoms with E-state index in [1.807, 2.05) is 13.8 Å². The molecule has 0 unspecified atom stereocenters. The van der Waals surface area contributed by atoms with Crippen LogP contribution in [0.2, 0.25) is 5.02 Å². The number of carbonyl (C=O) groups excluding carboxylic acids is 1. The Morgan fingerprint density at radius 1 is 1.43 bits per heavy atom. The number of phenols is 1. The van der Waals surface area contributed by atoms with Gasteiger partial charge in [-0.05, 0) is 38.8 Å². The van der Waals surface area contributed by atoms with Crippen LogP contribution < -0.4 is 10.1 Å². The van der Waals surface area contributed by atoms with Gasteiger partial charge in [0.2, 0.25) is 0 Å². The topological polar surface area (TPSA) is 84.6 Å². The van der Waals surface area contributed by atoms with Crippen LogP contribution in [0.25, 0.3) is 0 Å². The molecule has 0 aliphatic carbocycles. The molecule has 1 aromatic carbocycles. The van der Waals surface area contributed by atoms with Crippen LogP contribution in [0.15, 0.2) is 16.7 Å². The van der Waals surface area contributed by atoms with E-state index in [2.05, 4.69) is 10.5 Å². The van der Waals surface area contributed by atoms with Gasteiger partial charge in [0.05, 0.1) is 17.8 Å². The van der Waals surface area contributed by atoms with Crippen molar-refractivity contribution in [2.24, 2.45) is 0 Å². The van der Waals surface area contributed by atoms with E-state index in [0.717, 1.165) is 29.9 Å². The zero-order chi connectivity index (χ0) is 17.0. The second-order valence-electron chi connectivity index (χ2n) is 5.17. The van der Waals surface area contributed by atoms with E-state index in [-0.39, 0.29) is 22.4 Å². The number of phenolic OH excluding ortho intramolecular Hbond substituents is 1. The Labute approximate surface area is 139 Å². The maximum absolute atomic E-state index is 12.1. The van der Waals surface area contributed by atoms with Crippen LogP contribution in [-0.4, -0.2) is 29.8 Å². The first-order chi connectivity index (χ1) is 10.9. The number of nitrogens with one attached hydrogen (secondary N) is 1. The van der Waals surface area contributed by atoms with E-state index in [1.54, 1.807) is 0 Å². The predicted molar refractivity (Wildman–Crippen MR) is 86.3 cm³/mol. The molecule has 2 aromatic rings. The van der Waals surface area contributed by atoms with E-state index >= 15 is 0 Å². The van der Waals surface area contributed by atoms with Gasteiger partial charge in [-0.1, -0.05) is 16.8 Å². The van der Waals surface area contributed by atoms with Crippen molar-refractivity contribution in [3.8, 4) is 11.5 Å². The maximum Gasteiger partial charge on any atom is 0.251 e. The molecule has 0 saturated heterocycles. The molecule has 0 radical (unpaired) electrons. The molecular weight excluding hydrogens is 320 g/mol. The van der Waals surface area contributed by atoms with Gasteiger partial charge < -0.3 is 19.7 Å². The van der Waals surface area contributed by atoms with Crippen molar-refractivity contribution >= 4 is 17.5 Å². The molecule has 1 heterocycles. The van der Waals surface area contributed by atoms with Crippen LogP contribution >= 0.6 is 11.6 Å². The van der Waals surface area contributed by atoms with Crippen molar-refractivity contribution in [1.29, 1.82) is 0 Å². The quantitative estimate of drug-likeness (QED) is 0.791. The number of halogens is 1. The van der Waals surface area contributed by atoms with Crippen LogP contribution in [0, 0.1) is 13.8 Å². The van der Waals surface area contributed by atoms with Crippen molar-refractivity contribution in [2.75, 3.05) is 13.7 Å². The number of rotatable bonds is 6. The van der Waals surface area contributed by atoms with Crippen LogP contribution in [0.5, 0.6) is 11.5 Å². The fourth-order valence-electron chi connectivity index (χ4n) is 2.29. The van der Waals surface area contributed by atoms with Gasteiger partial charge in [-0.3, -0.25) is 4.79 Å². The van der Waals surface area contributed by atoms with E-state index < -0.39 is 0 Å². The molecule has 6 nitrogen and oxygen atoms in total. The molecule has 124 valence electrons. The smallest absolute Gasteiger partial charge is 0.251 e. The van der Waals surface area contributed by atoms with Crippen LogP contribution in [-0.2, 0) is 6.42 Å². The number of benzene rings is 1. The van der Waals surface area contributed by atoms with E-state index in [4.69, 9.17) is 20.9 Å². The summed E-state index contributed by atoms with van der Waals surface area (Å²) in [5.74, 6) is 0.523. The van der Waals surface area contributed by atoms with Gasteiger partial charge in [-0.15, -0.1) is 0 Å². The number of hydrogen-bond donors (Lipinski definition) is 2. The number of hydrogen-bond acceptors (Lipinski definition) is 5. The number of ether oxygens (including phenoxy) is 1. The summed E-state index contributed by atoms with van der Waals surface area (Å²) in [5.41, 5.74) is 2.29. The molecule has 0 aliphatic heterocycles. The fraction of sp³-hybridized carbons (Fsp3) is 0.375. The summed E-state index contributed by atoms with van der Waals surface area (Å²) in [4.78, 5) is 12.1. The molecule has 0 fully saturated rings. The number of aryl methyl sites for hydroxylation is 2. The SMILES string of the molecule is COc1cc(C(=O)NCCCc2c(C)noc2C)cc(Cl)c1O. The molecule has 0 aliphatic rings. The monoisotopic (exact) mass is 338 g/mol. The highest BCUT2D eigenvalue weighted by molar-refractivity contribution is 6.32. The Kier molecular flexibility index (Phi) is 5.50. The van der Waals surface area contributed by atoms with Crippen molar-refractivity contribution in [1.82, 2.24) is 10.5 Å². The lowest BCUT2D eigenvalue weighted by Gasteiger charge is -2.09. The predicted octanol–water partition coefficient (Wildman–Crippen LogP) is 3.02. The minimum absolute atomic E-state index is 0.0743. The lowest BCUT2D eigenvalue weighted by Crippen LogP contribution is -2.24. The number of aromatic nitrogens is 1. The number of carbonyl (C=O) groups is 1. The fourth-order valence-corrected chi connectivity index (χ4v) is 2.50. The molecule has 7 heteroatoms. The lowest BCUT2D eigenvalue weighted by molar-refractivity contribution is 0.0953. The van der Waals surface area contributed by atoms with Crippen molar-refractivity contribution < 1.29 is 19.2 Å². The molecule has 0 atom stereocenters. The van der Waals surface area contributed by atoms with E-state index in [0.29, 0.717) is 12.1 Å². The highest BCUT2D eigenvalue weighted by atomic mass is 35.5. The summed E-state index contributed by atoms with van der Waals surface area (Å²) < 4.78 is 10.1. The third kappa shape index (κ3) is 3.96. The lowest BCUT2D eigenvalue weighted by atomic mass is 10.1. The van der Waals surface area contributed by atoms with Gasteiger partial charge >= 0.3 is 0 Å². The number of aromatic hydroxyl groups is 1. The first-order valence-electron chi connectivity index (χ1n) is 7.20. The third-order valence-electron chi connectivity index (χ3n) is 3.58. The summed E-state index contributed by atoms with van der Waals surface area (Å²) in [6.07, 6.45) is 1.54. The molecule has 2 N–H and O–H groups in total. The van der Waals surface area contributed by atoms with Crippen molar-refractivity contribution in [3.05, 3.63) is 39.7 Å². The van der Waals surface area contributed by atoms with Crippen molar-refractivity contribution in [2.45, 2.75) is 26.7 Å². The number of methoxy groups -OCH3 is 1. The Bertz CT molecular complexity index is 693. The normalized spacial score (nSPS) is 10.6. The van der Waals surface area contributed by atoms with E-state index in [1.165, 1.54) is 19.2 Å². The van der Waals surface area contributed by atoms with Gasteiger partial charge in [0.25, 0.3) is 5.91 Å². The molecule has 0 spiro atoms. The Balaban J connectivity index is 1.91. The average Bonchev–Trinajstić information content (AvgIpc) is 2.85. The zero-order valence-electron chi connectivity index (χ0n) is 13.3. The summed E-state index contributed by atoms with van der Waals surface area (Å²) in [5, 5.41) is 16.5. The zero-order valence-corrected chi connectivity index (χ0v) is 14.0. The first-order valence-corrected chi connectivity index (χ1v) is 7.58. The molecule has 23 heavy (non-hydrogen) atoms. The largest absolute Gasteiger partial charge is 0.503 e. The molecule has 1 aromatic heterocycles. The minimum Gasteiger partial charge on any atom is -0.503 e. The summed E-state index contributed by atoms with van der Waals surface area (Å²) in [6, 6.07) is 2.86. The molecular formula is C16H19ClN2O4. The average molecular weight is 339 g/mol. The minimum atomic E-state index is -0.274. The van der Waals surface area contributed by atoms with Gasteiger partial charge in [0, 0.05) is 17.7 Å². The molecule has 2 rings (SSSR count). The number of amides is 1. The standard InChI is InChI=1S/C16H19ClN2O4/c1-9-12(10(2)23-19-9)5-4-6-18-16(21)11-7-13(17)15(20)14(8-11)22-3/h7-8,20H,4-6H2,1-3H3,(H,18,21). The van der Waals surface area contributed by atoms with Gasteiger partial charge in [0.1, 0.15) is 5.76 Å². The summed E-state index contributed by atoms with van der Waals surface area (Å²) in [6.45, 7) is 4.28. The van der Waals surface area contributed by atoms with E-state index in [9.17, 15) is 9.90 Å².